The van der Waals surface area contributed by atoms with Crippen molar-refractivity contribution < 1.29 is 28.6 Å². The van der Waals surface area contributed by atoms with Gasteiger partial charge >= 0.3 is 17.9 Å². The van der Waals surface area contributed by atoms with Gasteiger partial charge in [-0.25, -0.2) is 0 Å². The molecule has 1 atom stereocenters. The van der Waals surface area contributed by atoms with Crippen molar-refractivity contribution >= 4 is 17.9 Å². The molecule has 0 amide bonds. The molecule has 6 nitrogen and oxygen atoms in total. The lowest BCUT2D eigenvalue weighted by atomic mass is 10.0. The summed E-state index contributed by atoms with van der Waals surface area (Å²) in [6.07, 6.45) is 85.0. The maximum atomic E-state index is 12.8. The van der Waals surface area contributed by atoms with E-state index in [9.17, 15) is 14.4 Å². The van der Waals surface area contributed by atoms with Crippen molar-refractivity contribution in [2.45, 2.75) is 380 Å². The van der Waals surface area contributed by atoms with Crippen LogP contribution in [0.2, 0.25) is 0 Å². The van der Waals surface area contributed by atoms with E-state index in [-0.39, 0.29) is 31.1 Å². The summed E-state index contributed by atoms with van der Waals surface area (Å²) < 4.78 is 16.8. The molecule has 0 aliphatic rings. The molecule has 0 spiro atoms. The number of ether oxygens (including phenoxy) is 3. The number of hydrogen-bond donors (Lipinski definition) is 0. The Morgan fingerprint density at radius 1 is 0.269 bits per heavy atom. The smallest absolute Gasteiger partial charge is 0.306 e. The Morgan fingerprint density at radius 3 is 0.782 bits per heavy atom. The molecule has 456 valence electrons. The Morgan fingerprint density at radius 2 is 0.500 bits per heavy atom. The van der Waals surface area contributed by atoms with Gasteiger partial charge in [0.15, 0.2) is 6.10 Å². The maximum Gasteiger partial charge on any atom is 0.306 e. The average molecular weight is 1090 g/mol. The van der Waals surface area contributed by atoms with Crippen molar-refractivity contribution in [1.29, 1.82) is 0 Å². The molecule has 0 aromatic heterocycles. The van der Waals surface area contributed by atoms with Gasteiger partial charge in [0.1, 0.15) is 13.2 Å². The van der Waals surface area contributed by atoms with Gasteiger partial charge in [0, 0.05) is 19.3 Å². The van der Waals surface area contributed by atoms with Gasteiger partial charge in [0.2, 0.25) is 0 Å². The van der Waals surface area contributed by atoms with Gasteiger partial charge in [-0.15, -0.1) is 0 Å². The van der Waals surface area contributed by atoms with E-state index in [0.29, 0.717) is 19.3 Å². The van der Waals surface area contributed by atoms with Crippen molar-refractivity contribution in [1.82, 2.24) is 0 Å². The zero-order valence-electron chi connectivity index (χ0n) is 52.5. The fraction of sp³-hybridized carbons (Fsp3) is 0.847. The lowest BCUT2D eigenvalue weighted by Gasteiger charge is -2.18. The highest BCUT2D eigenvalue weighted by Crippen LogP contribution is 2.19. The first-order valence-corrected chi connectivity index (χ1v) is 34.6. The van der Waals surface area contributed by atoms with Crippen LogP contribution in [0.4, 0.5) is 0 Å². The molecule has 1 unspecified atom stereocenters. The van der Waals surface area contributed by atoms with E-state index < -0.39 is 6.10 Å². The molecule has 0 aromatic rings. The van der Waals surface area contributed by atoms with Crippen LogP contribution in [0.25, 0.3) is 0 Å². The van der Waals surface area contributed by atoms with Gasteiger partial charge in [-0.3, -0.25) is 14.4 Å². The predicted molar refractivity (Wildman–Crippen MR) is 339 cm³/mol. The summed E-state index contributed by atoms with van der Waals surface area (Å²) in [6.45, 7) is 6.49. The first kappa shape index (κ1) is 75.4. The van der Waals surface area contributed by atoms with Crippen LogP contribution in [-0.4, -0.2) is 37.2 Å². The highest BCUT2D eigenvalue weighted by Gasteiger charge is 2.19. The molecule has 0 radical (unpaired) electrons. The van der Waals surface area contributed by atoms with E-state index in [0.717, 1.165) is 96.3 Å². The lowest BCUT2D eigenvalue weighted by Crippen LogP contribution is -2.30. The van der Waals surface area contributed by atoms with Gasteiger partial charge in [0.05, 0.1) is 0 Å². The van der Waals surface area contributed by atoms with Crippen molar-refractivity contribution in [2.75, 3.05) is 13.2 Å². The van der Waals surface area contributed by atoms with E-state index in [1.165, 1.54) is 238 Å². The Kier molecular flexibility index (Phi) is 64.6. The molecule has 0 aromatic carbocycles. The van der Waals surface area contributed by atoms with Crippen LogP contribution in [0.3, 0.4) is 0 Å². The normalized spacial score (nSPS) is 12.3. The highest BCUT2D eigenvalue weighted by atomic mass is 16.6. The number of rotatable bonds is 64. The van der Waals surface area contributed by atoms with E-state index in [4.69, 9.17) is 14.2 Å². The fourth-order valence-electron chi connectivity index (χ4n) is 10.4. The minimum absolute atomic E-state index is 0.0731. The molecule has 0 aliphatic heterocycles. The summed E-state index contributed by atoms with van der Waals surface area (Å²) in [5.74, 6) is -0.877. The quantitative estimate of drug-likeness (QED) is 0.0261. The zero-order chi connectivity index (χ0) is 56.4. The second-order valence-corrected chi connectivity index (χ2v) is 23.4. The van der Waals surface area contributed by atoms with E-state index >= 15 is 0 Å². The lowest BCUT2D eigenvalue weighted by molar-refractivity contribution is -0.167. The van der Waals surface area contributed by atoms with Crippen LogP contribution in [-0.2, 0) is 28.6 Å². The average Bonchev–Trinajstić information content (AvgIpc) is 3.44. The van der Waals surface area contributed by atoms with Crippen LogP contribution >= 0.6 is 0 Å². The molecule has 0 bridgehead atoms. The summed E-state index contributed by atoms with van der Waals surface area (Å²) >= 11 is 0. The molecule has 0 aliphatic carbocycles. The van der Waals surface area contributed by atoms with Crippen molar-refractivity contribution in [2.24, 2.45) is 0 Å². The maximum absolute atomic E-state index is 12.8. The fourth-order valence-corrected chi connectivity index (χ4v) is 10.4. The standard InChI is InChI=1S/C72H132O6/c1-4-7-10-13-15-17-19-21-23-25-27-29-30-31-32-33-34-35-36-37-38-39-40-41-43-44-46-48-50-52-54-56-59-62-65-71(74)77-68-69(67-76-70(73)64-61-58-12-9-6-3)78-72(75)66-63-60-57-55-53-51-49-47-45-42-28-26-24-22-20-18-16-14-11-8-5-2/h8,11,16,18,22,24,28,42,69H,4-7,9-10,12-15,17,19-21,23,25-27,29-41,43-68H2,1-3H3/b11-8-,18-16-,24-22-,42-28-. The third-order valence-corrected chi connectivity index (χ3v) is 15.6. The molecule has 6 heteroatoms. The predicted octanol–water partition coefficient (Wildman–Crippen LogP) is 23.7. The molecule has 0 fully saturated rings. The summed E-state index contributed by atoms with van der Waals surface area (Å²) in [7, 11) is 0. The molecular weight excluding hydrogens is 961 g/mol. The second kappa shape index (κ2) is 66.9. The van der Waals surface area contributed by atoms with Gasteiger partial charge < -0.3 is 14.2 Å². The monoisotopic (exact) mass is 1090 g/mol. The third-order valence-electron chi connectivity index (χ3n) is 15.6. The van der Waals surface area contributed by atoms with Crippen LogP contribution in [0.1, 0.15) is 374 Å². The number of carbonyl (C=O) groups excluding carboxylic acids is 3. The largest absolute Gasteiger partial charge is 0.462 e. The van der Waals surface area contributed by atoms with Gasteiger partial charge in [0.25, 0.3) is 0 Å². The first-order chi connectivity index (χ1) is 38.5. The van der Waals surface area contributed by atoms with Crippen molar-refractivity contribution in [3.8, 4) is 0 Å². The summed E-state index contributed by atoms with van der Waals surface area (Å²) in [6, 6.07) is 0. The van der Waals surface area contributed by atoms with Crippen LogP contribution < -0.4 is 0 Å². The molecule has 0 rings (SSSR count). The van der Waals surface area contributed by atoms with Crippen LogP contribution in [0.15, 0.2) is 48.6 Å². The van der Waals surface area contributed by atoms with Gasteiger partial charge in [-0.1, -0.05) is 345 Å². The summed E-state index contributed by atoms with van der Waals surface area (Å²) in [5.41, 5.74) is 0. The minimum Gasteiger partial charge on any atom is -0.462 e. The molecule has 78 heavy (non-hydrogen) atoms. The Hall–Kier alpha value is -2.63. The zero-order valence-corrected chi connectivity index (χ0v) is 52.5. The van der Waals surface area contributed by atoms with E-state index in [1.54, 1.807) is 0 Å². The van der Waals surface area contributed by atoms with Gasteiger partial charge in [-0.2, -0.15) is 0 Å². The third kappa shape index (κ3) is 64.2. The van der Waals surface area contributed by atoms with Gasteiger partial charge in [-0.05, 0) is 57.8 Å². The number of carbonyl (C=O) groups is 3. The van der Waals surface area contributed by atoms with E-state index in [2.05, 4.69) is 69.4 Å². The summed E-state index contributed by atoms with van der Waals surface area (Å²) in [5, 5.41) is 0. The summed E-state index contributed by atoms with van der Waals surface area (Å²) in [4.78, 5) is 38.0. The topological polar surface area (TPSA) is 78.9 Å². The molecule has 0 heterocycles. The molecule has 0 N–H and O–H groups in total. The van der Waals surface area contributed by atoms with Crippen LogP contribution in [0.5, 0.6) is 0 Å². The Labute approximate surface area is 486 Å². The molecular formula is C72H132O6. The van der Waals surface area contributed by atoms with Crippen molar-refractivity contribution in [3.63, 3.8) is 0 Å². The number of hydrogen-bond acceptors (Lipinski definition) is 6. The number of esters is 3. The molecule has 0 saturated carbocycles. The van der Waals surface area contributed by atoms with Crippen LogP contribution in [0, 0.1) is 0 Å². The number of unbranched alkanes of at least 4 members (excludes halogenated alkanes) is 45. The SMILES string of the molecule is CC/C=C\C/C=C\C/C=C\C/C=C\CCCCCCCCCCC(=O)OC(COC(=O)CCCCCCC)COC(=O)CCCCCCCCCCCCCCCCCCCCCCCCCCCCCCCCCCCC. The first-order valence-electron chi connectivity index (χ1n) is 34.6. The second-order valence-electron chi connectivity index (χ2n) is 23.4. The highest BCUT2D eigenvalue weighted by molar-refractivity contribution is 5.71. The number of allylic oxidation sites excluding steroid dienone is 8. The van der Waals surface area contributed by atoms with Crippen molar-refractivity contribution in [3.05, 3.63) is 48.6 Å². The Bertz CT molecular complexity index is 1350. The van der Waals surface area contributed by atoms with E-state index in [1.807, 2.05) is 0 Å². The Balaban J connectivity index is 3.89. The molecule has 0 saturated heterocycles. The minimum atomic E-state index is -0.773.